The predicted octanol–water partition coefficient (Wildman–Crippen LogP) is 4.86. The average Bonchev–Trinajstić information content (AvgIpc) is 3.25. The van der Waals surface area contributed by atoms with Crippen LogP contribution >= 0.6 is 22.7 Å². The Balaban J connectivity index is 1.60. The first-order valence-electron chi connectivity index (χ1n) is 7.85. The third-order valence-corrected chi connectivity index (χ3v) is 5.88. The van der Waals surface area contributed by atoms with Gasteiger partial charge in [0.1, 0.15) is 5.75 Å². The highest BCUT2D eigenvalue weighted by molar-refractivity contribution is 7.21. The van der Waals surface area contributed by atoms with Crippen molar-refractivity contribution in [2.45, 2.75) is 6.92 Å². The van der Waals surface area contributed by atoms with E-state index < -0.39 is 0 Å². The lowest BCUT2D eigenvalue weighted by Crippen LogP contribution is -2.31. The summed E-state index contributed by atoms with van der Waals surface area (Å²) in [5.41, 5.74) is 1.87. The number of hydrogen-bond donors (Lipinski definition) is 0. The maximum absolute atomic E-state index is 12.5. The van der Waals surface area contributed by atoms with Crippen LogP contribution in [-0.2, 0) is 4.79 Å². The van der Waals surface area contributed by atoms with E-state index in [4.69, 9.17) is 4.74 Å². The van der Waals surface area contributed by atoms with E-state index in [9.17, 15) is 4.79 Å². The molecule has 0 atom stereocenters. The fraction of sp³-hybridized carbons (Fsp3) is 0.158. The number of amides is 1. The van der Waals surface area contributed by atoms with Crippen molar-refractivity contribution in [1.29, 1.82) is 0 Å². The van der Waals surface area contributed by atoms with Gasteiger partial charge in [-0.1, -0.05) is 18.2 Å². The molecule has 0 bridgehead atoms. The molecule has 0 saturated heterocycles. The van der Waals surface area contributed by atoms with E-state index in [1.807, 2.05) is 54.8 Å². The van der Waals surface area contributed by atoms with Gasteiger partial charge >= 0.3 is 0 Å². The van der Waals surface area contributed by atoms with E-state index in [0.717, 1.165) is 36.7 Å². The standard InChI is InChI=1S/C19H16N2O2S2/c1-12-20-18-16(25-12)10-15(14-8-9-24-19(14)18)23-11-17(22)21(2)13-6-4-3-5-7-13/h3-10H,11H2,1-2H3. The summed E-state index contributed by atoms with van der Waals surface area (Å²) in [6.45, 7) is 2.00. The van der Waals surface area contributed by atoms with Crippen molar-refractivity contribution in [1.82, 2.24) is 4.98 Å². The molecule has 126 valence electrons. The number of nitrogens with zero attached hydrogens (tertiary/aromatic N) is 2. The Bertz CT molecular complexity index is 1050. The molecule has 0 unspecified atom stereocenters. The highest BCUT2D eigenvalue weighted by atomic mass is 32.1. The van der Waals surface area contributed by atoms with E-state index in [1.54, 1.807) is 34.6 Å². The first-order chi connectivity index (χ1) is 12.1. The summed E-state index contributed by atoms with van der Waals surface area (Å²) in [5, 5.41) is 4.07. The van der Waals surface area contributed by atoms with Crippen molar-refractivity contribution >= 4 is 54.6 Å². The number of para-hydroxylation sites is 1. The van der Waals surface area contributed by atoms with Gasteiger partial charge in [0.05, 0.1) is 19.9 Å². The highest BCUT2D eigenvalue weighted by Crippen LogP contribution is 2.38. The topological polar surface area (TPSA) is 42.4 Å². The molecule has 0 N–H and O–H groups in total. The second-order valence-corrected chi connectivity index (χ2v) is 7.85. The van der Waals surface area contributed by atoms with Crippen molar-refractivity contribution in [3.05, 3.63) is 52.9 Å². The van der Waals surface area contributed by atoms with Gasteiger partial charge in [-0.3, -0.25) is 4.79 Å². The Hall–Kier alpha value is -2.44. The van der Waals surface area contributed by atoms with E-state index in [-0.39, 0.29) is 12.5 Å². The van der Waals surface area contributed by atoms with Gasteiger partial charge < -0.3 is 9.64 Å². The van der Waals surface area contributed by atoms with Crippen LogP contribution in [0.5, 0.6) is 5.75 Å². The molecular weight excluding hydrogens is 352 g/mol. The number of anilines is 1. The zero-order valence-electron chi connectivity index (χ0n) is 13.9. The lowest BCUT2D eigenvalue weighted by Gasteiger charge is -2.17. The number of carbonyl (C=O) groups is 1. The number of fused-ring (bicyclic) bond motifs is 3. The number of benzene rings is 2. The smallest absolute Gasteiger partial charge is 0.264 e. The molecule has 2 aromatic carbocycles. The Morgan fingerprint density at radius 2 is 2.04 bits per heavy atom. The minimum atomic E-state index is -0.0878. The molecule has 4 nitrogen and oxygen atoms in total. The van der Waals surface area contributed by atoms with Crippen LogP contribution < -0.4 is 9.64 Å². The number of ether oxygens (including phenoxy) is 1. The van der Waals surface area contributed by atoms with E-state index >= 15 is 0 Å². The Morgan fingerprint density at radius 3 is 2.84 bits per heavy atom. The third-order valence-electron chi connectivity index (χ3n) is 4.04. The van der Waals surface area contributed by atoms with Crippen molar-refractivity contribution in [3.8, 4) is 5.75 Å². The average molecular weight is 368 g/mol. The molecular formula is C19H16N2O2S2. The maximum atomic E-state index is 12.5. The number of thiazole rings is 1. The molecule has 4 rings (SSSR count). The summed E-state index contributed by atoms with van der Waals surface area (Å²) in [6, 6.07) is 13.6. The second kappa shape index (κ2) is 6.46. The molecule has 2 heterocycles. The SMILES string of the molecule is Cc1nc2c(cc(OCC(=O)N(C)c3ccccc3)c3ccsc32)s1. The van der Waals surface area contributed by atoms with Gasteiger partial charge in [0, 0.05) is 24.2 Å². The highest BCUT2D eigenvalue weighted by Gasteiger charge is 2.15. The second-order valence-electron chi connectivity index (χ2n) is 5.69. The lowest BCUT2D eigenvalue weighted by molar-refractivity contribution is -0.120. The zero-order chi connectivity index (χ0) is 17.4. The van der Waals surface area contributed by atoms with Crippen LogP contribution in [0.2, 0.25) is 0 Å². The van der Waals surface area contributed by atoms with Gasteiger partial charge in [-0.15, -0.1) is 22.7 Å². The number of thiophene rings is 1. The van der Waals surface area contributed by atoms with Gasteiger partial charge in [-0.25, -0.2) is 4.98 Å². The molecule has 0 radical (unpaired) electrons. The zero-order valence-corrected chi connectivity index (χ0v) is 15.5. The first kappa shape index (κ1) is 16.1. The molecule has 0 aliphatic heterocycles. The summed E-state index contributed by atoms with van der Waals surface area (Å²) in [7, 11) is 1.76. The Morgan fingerprint density at radius 1 is 1.24 bits per heavy atom. The van der Waals surface area contributed by atoms with Crippen LogP contribution in [-0.4, -0.2) is 24.5 Å². The summed E-state index contributed by atoms with van der Waals surface area (Å²) in [4.78, 5) is 18.7. The number of carbonyl (C=O) groups excluding carboxylic acids is 1. The molecule has 0 aliphatic rings. The van der Waals surface area contributed by atoms with E-state index in [0.29, 0.717) is 0 Å². The molecule has 6 heteroatoms. The lowest BCUT2D eigenvalue weighted by atomic mass is 10.2. The number of aromatic nitrogens is 1. The van der Waals surface area contributed by atoms with Crippen LogP contribution in [0.4, 0.5) is 5.69 Å². The fourth-order valence-corrected chi connectivity index (χ4v) is 4.57. The molecule has 0 spiro atoms. The van der Waals surface area contributed by atoms with Crippen LogP contribution in [0, 0.1) is 6.92 Å². The van der Waals surface area contributed by atoms with Crippen LogP contribution in [0.1, 0.15) is 5.01 Å². The van der Waals surface area contributed by atoms with Gasteiger partial charge in [-0.05, 0) is 30.5 Å². The van der Waals surface area contributed by atoms with E-state index in [2.05, 4.69) is 4.98 Å². The molecule has 0 fully saturated rings. The number of aryl methyl sites for hydroxylation is 1. The van der Waals surface area contributed by atoms with Crippen molar-refractivity contribution < 1.29 is 9.53 Å². The Kier molecular flexibility index (Phi) is 4.15. The van der Waals surface area contributed by atoms with Crippen molar-refractivity contribution in [3.63, 3.8) is 0 Å². The van der Waals surface area contributed by atoms with E-state index in [1.165, 1.54) is 0 Å². The molecule has 4 aromatic rings. The molecule has 1 amide bonds. The van der Waals surface area contributed by atoms with Crippen molar-refractivity contribution in [2.24, 2.45) is 0 Å². The third kappa shape index (κ3) is 2.99. The molecule has 2 aromatic heterocycles. The van der Waals surface area contributed by atoms with Gasteiger partial charge in [-0.2, -0.15) is 0 Å². The molecule has 0 saturated carbocycles. The molecule has 25 heavy (non-hydrogen) atoms. The van der Waals surface area contributed by atoms with Gasteiger partial charge in [0.2, 0.25) is 0 Å². The van der Waals surface area contributed by atoms with Gasteiger partial charge in [0.15, 0.2) is 6.61 Å². The Labute approximate surface area is 153 Å². The summed E-state index contributed by atoms with van der Waals surface area (Å²) in [5.74, 6) is 0.650. The van der Waals surface area contributed by atoms with Crippen molar-refractivity contribution in [2.75, 3.05) is 18.6 Å². The molecule has 0 aliphatic carbocycles. The van der Waals surface area contributed by atoms with Crippen LogP contribution in [0.3, 0.4) is 0 Å². The van der Waals surface area contributed by atoms with Crippen LogP contribution in [0.15, 0.2) is 47.8 Å². The minimum absolute atomic E-state index is 0.000364. The van der Waals surface area contributed by atoms with Crippen LogP contribution in [0.25, 0.3) is 20.3 Å². The predicted molar refractivity (Wildman–Crippen MR) is 105 cm³/mol. The fourth-order valence-electron chi connectivity index (χ4n) is 2.74. The summed E-state index contributed by atoms with van der Waals surface area (Å²) in [6.07, 6.45) is 0. The number of likely N-dealkylation sites (N-methyl/N-ethyl adjacent to an activating group) is 1. The summed E-state index contributed by atoms with van der Waals surface area (Å²) < 4.78 is 8.09. The normalized spacial score (nSPS) is 11.1. The monoisotopic (exact) mass is 368 g/mol. The summed E-state index contributed by atoms with van der Waals surface area (Å²) >= 11 is 3.29. The minimum Gasteiger partial charge on any atom is -0.483 e. The number of rotatable bonds is 4. The number of hydrogen-bond acceptors (Lipinski definition) is 5. The van der Waals surface area contributed by atoms with Gasteiger partial charge in [0.25, 0.3) is 5.91 Å². The first-order valence-corrected chi connectivity index (χ1v) is 9.55. The quantitative estimate of drug-likeness (QED) is 0.516. The largest absolute Gasteiger partial charge is 0.483 e. The maximum Gasteiger partial charge on any atom is 0.264 e.